The van der Waals surface area contributed by atoms with Crippen LogP contribution in [0.25, 0.3) is 0 Å². The highest BCUT2D eigenvalue weighted by Gasteiger charge is 2.34. The SMILES string of the molecule is COc1ccc2c(c1)CCN=C2CC1CN(C(=O)c2ccc(F)cc2)CCC1CC(=O)O. The molecule has 4 rings (SSSR count). The summed E-state index contributed by atoms with van der Waals surface area (Å²) in [7, 11) is 1.64. The number of aliphatic carboxylic acids is 1. The summed E-state index contributed by atoms with van der Waals surface area (Å²) < 4.78 is 18.6. The second kappa shape index (κ2) is 9.51. The van der Waals surface area contributed by atoms with E-state index in [1.165, 1.54) is 29.8 Å². The summed E-state index contributed by atoms with van der Waals surface area (Å²) in [6, 6.07) is 11.5. The second-order valence-corrected chi connectivity index (χ2v) is 8.47. The molecule has 2 atom stereocenters. The number of aliphatic imine (C=N–C) groups is 1. The molecule has 2 aliphatic rings. The number of fused-ring (bicyclic) bond motifs is 1. The number of ether oxygens (including phenoxy) is 1. The Labute approximate surface area is 186 Å². The van der Waals surface area contributed by atoms with Crippen LogP contribution in [0.2, 0.25) is 0 Å². The van der Waals surface area contributed by atoms with E-state index < -0.39 is 5.97 Å². The van der Waals surface area contributed by atoms with Crippen LogP contribution in [-0.4, -0.2) is 54.3 Å². The number of piperidine rings is 1. The molecule has 2 unspecified atom stereocenters. The summed E-state index contributed by atoms with van der Waals surface area (Å²) in [5.74, 6) is -0.603. The zero-order valence-electron chi connectivity index (χ0n) is 18.1. The number of methoxy groups -OCH3 is 1. The number of hydrogen-bond acceptors (Lipinski definition) is 4. The lowest BCUT2D eigenvalue weighted by atomic mass is 9.78. The molecule has 0 radical (unpaired) electrons. The van der Waals surface area contributed by atoms with Crippen molar-refractivity contribution in [3.63, 3.8) is 0 Å². The summed E-state index contributed by atoms with van der Waals surface area (Å²) in [4.78, 5) is 31.0. The second-order valence-electron chi connectivity index (χ2n) is 8.47. The molecule has 2 aromatic rings. The van der Waals surface area contributed by atoms with Gasteiger partial charge in [-0.3, -0.25) is 14.6 Å². The van der Waals surface area contributed by atoms with Gasteiger partial charge >= 0.3 is 5.97 Å². The Morgan fingerprint density at radius 3 is 2.69 bits per heavy atom. The standard InChI is InChI=1S/C25H27FN2O4/c1-32-21-6-7-22-18(12-21)8-10-27-23(22)13-19-15-28(11-9-17(19)14-24(29)30)25(31)16-2-4-20(26)5-3-16/h2-7,12,17,19H,8-11,13-15H2,1H3,(H,29,30). The van der Waals surface area contributed by atoms with Crippen molar-refractivity contribution >= 4 is 17.6 Å². The summed E-state index contributed by atoms with van der Waals surface area (Å²) in [6.45, 7) is 1.63. The van der Waals surface area contributed by atoms with Crippen molar-refractivity contribution in [1.29, 1.82) is 0 Å². The Morgan fingerprint density at radius 1 is 1.19 bits per heavy atom. The number of hydrogen-bond donors (Lipinski definition) is 1. The van der Waals surface area contributed by atoms with Crippen LogP contribution in [0.5, 0.6) is 5.75 Å². The highest BCUT2D eigenvalue weighted by Crippen LogP contribution is 2.33. The van der Waals surface area contributed by atoms with Crippen molar-refractivity contribution in [1.82, 2.24) is 4.90 Å². The van der Waals surface area contributed by atoms with Crippen molar-refractivity contribution in [3.8, 4) is 5.75 Å². The van der Waals surface area contributed by atoms with E-state index in [1.807, 2.05) is 18.2 Å². The van der Waals surface area contributed by atoms with E-state index in [9.17, 15) is 19.1 Å². The number of carboxylic acid groups (broad SMARTS) is 1. The van der Waals surface area contributed by atoms with Crippen LogP contribution in [0.3, 0.4) is 0 Å². The minimum Gasteiger partial charge on any atom is -0.497 e. The van der Waals surface area contributed by atoms with Gasteiger partial charge in [0.2, 0.25) is 0 Å². The lowest BCUT2D eigenvalue weighted by molar-refractivity contribution is -0.138. The van der Waals surface area contributed by atoms with Crippen molar-refractivity contribution in [2.75, 3.05) is 26.7 Å². The summed E-state index contributed by atoms with van der Waals surface area (Å²) in [5, 5.41) is 9.42. The van der Waals surface area contributed by atoms with Crippen molar-refractivity contribution in [2.24, 2.45) is 16.8 Å². The zero-order valence-corrected chi connectivity index (χ0v) is 18.1. The maximum Gasteiger partial charge on any atom is 0.303 e. The molecule has 1 fully saturated rings. The Bertz CT molecular complexity index is 1030. The van der Waals surface area contributed by atoms with Crippen LogP contribution >= 0.6 is 0 Å². The van der Waals surface area contributed by atoms with E-state index in [1.54, 1.807) is 12.0 Å². The lowest BCUT2D eigenvalue weighted by Gasteiger charge is -2.39. The van der Waals surface area contributed by atoms with Crippen LogP contribution in [0, 0.1) is 17.7 Å². The molecule has 7 heteroatoms. The van der Waals surface area contributed by atoms with Gasteiger partial charge < -0.3 is 14.7 Å². The number of halogens is 1. The summed E-state index contributed by atoms with van der Waals surface area (Å²) >= 11 is 0. The fraction of sp³-hybridized carbons (Fsp3) is 0.400. The number of likely N-dealkylation sites (tertiary alicyclic amines) is 1. The molecule has 0 spiro atoms. The number of amides is 1. The van der Waals surface area contributed by atoms with Gasteiger partial charge in [0.05, 0.1) is 7.11 Å². The molecule has 1 N–H and O–H groups in total. The normalized spacial score (nSPS) is 20.3. The zero-order chi connectivity index (χ0) is 22.7. The highest BCUT2D eigenvalue weighted by molar-refractivity contribution is 6.03. The minimum absolute atomic E-state index is 0.0175. The molecule has 2 aromatic carbocycles. The van der Waals surface area contributed by atoms with E-state index in [0.29, 0.717) is 38.0 Å². The number of benzene rings is 2. The maximum absolute atomic E-state index is 13.3. The number of carbonyl (C=O) groups is 2. The predicted octanol–water partition coefficient (Wildman–Crippen LogP) is 3.82. The van der Waals surface area contributed by atoms with Gasteiger partial charge in [0.25, 0.3) is 5.91 Å². The molecular weight excluding hydrogens is 411 g/mol. The smallest absolute Gasteiger partial charge is 0.303 e. The number of nitrogens with zero attached hydrogens (tertiary/aromatic N) is 2. The molecule has 0 aromatic heterocycles. The quantitative estimate of drug-likeness (QED) is 0.744. The van der Waals surface area contributed by atoms with Gasteiger partial charge in [0.1, 0.15) is 11.6 Å². The monoisotopic (exact) mass is 438 g/mol. The largest absolute Gasteiger partial charge is 0.497 e. The predicted molar refractivity (Wildman–Crippen MR) is 119 cm³/mol. The molecule has 2 aliphatic heterocycles. The molecule has 0 bridgehead atoms. The lowest BCUT2D eigenvalue weighted by Crippen LogP contribution is -2.45. The van der Waals surface area contributed by atoms with Crippen LogP contribution in [0.1, 0.15) is 40.7 Å². The summed E-state index contributed by atoms with van der Waals surface area (Å²) in [6.07, 6.45) is 2.15. The van der Waals surface area contributed by atoms with Crippen LogP contribution in [-0.2, 0) is 11.2 Å². The van der Waals surface area contributed by atoms with Gasteiger partial charge in [-0.2, -0.15) is 0 Å². The topological polar surface area (TPSA) is 79.2 Å². The van der Waals surface area contributed by atoms with Crippen LogP contribution in [0.15, 0.2) is 47.5 Å². The van der Waals surface area contributed by atoms with E-state index in [2.05, 4.69) is 0 Å². The third kappa shape index (κ3) is 4.82. The molecule has 168 valence electrons. The third-order valence-electron chi connectivity index (χ3n) is 6.47. The Morgan fingerprint density at radius 2 is 1.97 bits per heavy atom. The first-order valence-electron chi connectivity index (χ1n) is 10.9. The fourth-order valence-corrected chi connectivity index (χ4v) is 4.77. The first-order chi connectivity index (χ1) is 15.4. The minimum atomic E-state index is -0.825. The molecule has 2 heterocycles. The number of carboxylic acids is 1. The van der Waals surface area contributed by atoms with Gasteiger partial charge in [0.15, 0.2) is 0 Å². The molecule has 0 saturated carbocycles. The summed E-state index contributed by atoms with van der Waals surface area (Å²) in [5.41, 5.74) is 3.66. The first kappa shape index (κ1) is 22.0. The van der Waals surface area contributed by atoms with Gasteiger partial charge in [-0.25, -0.2) is 4.39 Å². The Hall–Kier alpha value is -3.22. The molecule has 0 aliphatic carbocycles. The average molecular weight is 438 g/mol. The maximum atomic E-state index is 13.3. The number of rotatable bonds is 6. The van der Waals surface area contributed by atoms with Gasteiger partial charge in [-0.15, -0.1) is 0 Å². The van der Waals surface area contributed by atoms with Gasteiger partial charge in [-0.05, 0) is 84.7 Å². The van der Waals surface area contributed by atoms with Crippen molar-refractivity contribution < 1.29 is 23.8 Å². The number of carbonyl (C=O) groups excluding carboxylic acids is 1. The van der Waals surface area contributed by atoms with Crippen LogP contribution in [0.4, 0.5) is 4.39 Å². The van der Waals surface area contributed by atoms with E-state index in [-0.39, 0.29) is 30.0 Å². The Kier molecular flexibility index (Phi) is 6.53. The van der Waals surface area contributed by atoms with Crippen LogP contribution < -0.4 is 4.74 Å². The molecule has 1 saturated heterocycles. The van der Waals surface area contributed by atoms with Gasteiger partial charge in [0, 0.05) is 37.3 Å². The molecule has 6 nitrogen and oxygen atoms in total. The van der Waals surface area contributed by atoms with E-state index in [0.717, 1.165) is 23.4 Å². The van der Waals surface area contributed by atoms with Crippen molar-refractivity contribution in [3.05, 3.63) is 65.0 Å². The first-order valence-corrected chi connectivity index (χ1v) is 10.9. The molecular formula is C25H27FN2O4. The van der Waals surface area contributed by atoms with E-state index in [4.69, 9.17) is 9.73 Å². The highest BCUT2D eigenvalue weighted by atomic mass is 19.1. The Balaban J connectivity index is 1.55. The molecule has 1 amide bonds. The van der Waals surface area contributed by atoms with Crippen molar-refractivity contribution in [2.45, 2.75) is 25.7 Å². The average Bonchev–Trinajstić information content (AvgIpc) is 2.79. The van der Waals surface area contributed by atoms with E-state index >= 15 is 0 Å². The third-order valence-corrected chi connectivity index (χ3v) is 6.47. The molecule has 32 heavy (non-hydrogen) atoms. The van der Waals surface area contributed by atoms with Gasteiger partial charge in [-0.1, -0.05) is 0 Å². The fourth-order valence-electron chi connectivity index (χ4n) is 4.77.